The number of halogens is 3. The molecule has 0 aliphatic heterocycles. The van der Waals surface area contributed by atoms with Crippen molar-refractivity contribution < 1.29 is 27.5 Å². The van der Waals surface area contributed by atoms with Crippen molar-refractivity contribution in [2.75, 3.05) is 6.61 Å². The van der Waals surface area contributed by atoms with Gasteiger partial charge in [0.25, 0.3) is 0 Å². The standard InChI is InChI=1S/C24H33F3N2O3/c1-3-8-20(30)16(2)23-28-22(29-32-23)18-12-13-21(19(15-18)24(25,26)27)31-14-7-11-17-9-5-4-6-10-17/h12-13,15-17,20,30H,3-11,14H2,1-2H3/t16-,20-/m0/s1. The van der Waals surface area contributed by atoms with Crippen LogP contribution in [0.25, 0.3) is 11.4 Å². The number of aromatic nitrogens is 2. The average Bonchev–Trinajstić information content (AvgIpc) is 3.26. The Morgan fingerprint density at radius 2 is 1.97 bits per heavy atom. The van der Waals surface area contributed by atoms with Gasteiger partial charge in [0.05, 0.1) is 24.2 Å². The van der Waals surface area contributed by atoms with Gasteiger partial charge >= 0.3 is 6.18 Å². The molecule has 8 heteroatoms. The molecule has 1 fully saturated rings. The Kier molecular flexibility index (Phi) is 8.57. The summed E-state index contributed by atoms with van der Waals surface area (Å²) < 4.78 is 51.8. The van der Waals surface area contributed by atoms with Crippen molar-refractivity contribution in [1.29, 1.82) is 0 Å². The number of aliphatic hydroxyl groups excluding tert-OH is 1. The molecule has 0 radical (unpaired) electrons. The third-order valence-corrected chi connectivity index (χ3v) is 6.28. The molecular formula is C24H33F3N2O3. The van der Waals surface area contributed by atoms with E-state index in [-0.39, 0.29) is 29.6 Å². The number of ether oxygens (including phenoxy) is 1. The van der Waals surface area contributed by atoms with Gasteiger partial charge in [0.15, 0.2) is 0 Å². The smallest absolute Gasteiger partial charge is 0.419 e. The Morgan fingerprint density at radius 3 is 2.66 bits per heavy atom. The Hall–Kier alpha value is -2.09. The first kappa shape index (κ1) is 24.6. The molecule has 1 aromatic heterocycles. The van der Waals surface area contributed by atoms with Crippen molar-refractivity contribution in [2.45, 2.75) is 89.8 Å². The maximum atomic E-state index is 13.7. The van der Waals surface area contributed by atoms with E-state index in [4.69, 9.17) is 9.26 Å². The van der Waals surface area contributed by atoms with Crippen molar-refractivity contribution in [2.24, 2.45) is 5.92 Å². The summed E-state index contributed by atoms with van der Waals surface area (Å²) in [6, 6.07) is 3.83. The molecule has 2 atom stereocenters. The highest BCUT2D eigenvalue weighted by Gasteiger charge is 2.35. The topological polar surface area (TPSA) is 68.4 Å². The molecule has 32 heavy (non-hydrogen) atoms. The van der Waals surface area contributed by atoms with E-state index >= 15 is 0 Å². The summed E-state index contributed by atoms with van der Waals surface area (Å²) in [4.78, 5) is 4.22. The fourth-order valence-corrected chi connectivity index (χ4v) is 4.29. The number of hydrogen-bond acceptors (Lipinski definition) is 5. The minimum absolute atomic E-state index is 0.0601. The number of aliphatic hydroxyl groups is 1. The zero-order valence-electron chi connectivity index (χ0n) is 18.8. The van der Waals surface area contributed by atoms with Crippen LogP contribution < -0.4 is 4.74 Å². The van der Waals surface area contributed by atoms with E-state index in [2.05, 4.69) is 10.1 Å². The molecule has 2 aromatic rings. The van der Waals surface area contributed by atoms with Gasteiger partial charge in [-0.2, -0.15) is 18.2 Å². The van der Waals surface area contributed by atoms with Crippen LogP contribution in [0, 0.1) is 5.92 Å². The monoisotopic (exact) mass is 454 g/mol. The number of rotatable bonds is 10. The zero-order valence-corrected chi connectivity index (χ0v) is 18.8. The molecule has 1 aliphatic rings. The fourth-order valence-electron chi connectivity index (χ4n) is 4.29. The van der Waals surface area contributed by atoms with Gasteiger partial charge in [-0.25, -0.2) is 0 Å². The van der Waals surface area contributed by atoms with E-state index in [1.54, 1.807) is 6.92 Å². The first-order valence-corrected chi connectivity index (χ1v) is 11.7. The van der Waals surface area contributed by atoms with Crippen molar-refractivity contribution >= 4 is 0 Å². The third-order valence-electron chi connectivity index (χ3n) is 6.28. The molecule has 1 heterocycles. The van der Waals surface area contributed by atoms with Gasteiger partial charge in [-0.05, 0) is 43.4 Å². The van der Waals surface area contributed by atoms with Crippen LogP contribution in [0.15, 0.2) is 22.7 Å². The minimum Gasteiger partial charge on any atom is -0.493 e. The molecule has 1 saturated carbocycles. The van der Waals surface area contributed by atoms with Gasteiger partial charge in [0, 0.05) is 5.56 Å². The molecule has 0 spiro atoms. The number of nitrogens with zero attached hydrogens (tertiary/aromatic N) is 2. The second-order valence-electron chi connectivity index (χ2n) is 8.80. The molecule has 1 aromatic carbocycles. The second kappa shape index (κ2) is 11.2. The molecule has 3 rings (SSSR count). The lowest BCUT2D eigenvalue weighted by Crippen LogP contribution is -2.15. The number of hydrogen-bond donors (Lipinski definition) is 1. The van der Waals surface area contributed by atoms with Crippen molar-refractivity contribution in [3.05, 3.63) is 29.7 Å². The first-order valence-electron chi connectivity index (χ1n) is 11.7. The summed E-state index contributed by atoms with van der Waals surface area (Å²) >= 11 is 0. The lowest BCUT2D eigenvalue weighted by atomic mass is 9.86. The van der Waals surface area contributed by atoms with Crippen LogP contribution in [0.1, 0.15) is 89.0 Å². The van der Waals surface area contributed by atoms with E-state index in [0.717, 1.165) is 25.3 Å². The summed E-state index contributed by atoms with van der Waals surface area (Å²) in [6.07, 6.45) is 4.10. The fraction of sp³-hybridized carbons (Fsp3) is 0.667. The van der Waals surface area contributed by atoms with Gasteiger partial charge in [-0.15, -0.1) is 0 Å². The Labute approximate surface area is 187 Å². The summed E-state index contributed by atoms with van der Waals surface area (Å²) in [6.45, 7) is 3.97. The van der Waals surface area contributed by atoms with Crippen LogP contribution in [0.4, 0.5) is 13.2 Å². The molecule has 0 saturated heterocycles. The van der Waals surface area contributed by atoms with E-state index in [1.165, 1.54) is 44.2 Å². The Bertz CT molecular complexity index is 847. The van der Waals surface area contributed by atoms with Crippen LogP contribution >= 0.6 is 0 Å². The maximum absolute atomic E-state index is 13.7. The lowest BCUT2D eigenvalue weighted by Gasteiger charge is -2.21. The van der Waals surface area contributed by atoms with E-state index < -0.39 is 23.8 Å². The van der Waals surface area contributed by atoms with Crippen molar-refractivity contribution in [3.63, 3.8) is 0 Å². The normalized spacial score (nSPS) is 17.3. The molecule has 5 nitrogen and oxygen atoms in total. The van der Waals surface area contributed by atoms with Crippen LogP contribution in [0.2, 0.25) is 0 Å². The largest absolute Gasteiger partial charge is 0.493 e. The van der Waals surface area contributed by atoms with Crippen molar-refractivity contribution in [1.82, 2.24) is 10.1 Å². The SMILES string of the molecule is CCC[C@H](O)[C@H](C)c1nc(-c2ccc(OCCCC3CCCCC3)c(C(F)(F)F)c2)no1. The highest BCUT2D eigenvalue weighted by atomic mass is 19.4. The summed E-state index contributed by atoms with van der Waals surface area (Å²) in [7, 11) is 0. The summed E-state index contributed by atoms with van der Waals surface area (Å²) in [5.74, 6) is 0.357. The number of benzene rings is 1. The summed E-state index contributed by atoms with van der Waals surface area (Å²) in [5, 5.41) is 14.0. The van der Waals surface area contributed by atoms with Crippen LogP contribution in [0.3, 0.4) is 0 Å². The molecule has 1 N–H and O–H groups in total. The quantitative estimate of drug-likeness (QED) is 0.402. The molecule has 0 amide bonds. The lowest BCUT2D eigenvalue weighted by molar-refractivity contribution is -0.138. The van der Waals surface area contributed by atoms with E-state index in [1.807, 2.05) is 6.92 Å². The average molecular weight is 455 g/mol. The zero-order chi connectivity index (χ0) is 23.1. The van der Waals surface area contributed by atoms with Gasteiger partial charge < -0.3 is 14.4 Å². The molecule has 0 unspecified atom stereocenters. The highest BCUT2D eigenvalue weighted by molar-refractivity contribution is 5.59. The van der Waals surface area contributed by atoms with Gasteiger partial charge in [0.1, 0.15) is 5.75 Å². The van der Waals surface area contributed by atoms with Gasteiger partial charge in [0.2, 0.25) is 11.7 Å². The molecule has 1 aliphatic carbocycles. The third kappa shape index (κ3) is 6.47. The predicted octanol–water partition coefficient (Wildman–Crippen LogP) is 6.76. The van der Waals surface area contributed by atoms with Crippen molar-refractivity contribution in [3.8, 4) is 17.1 Å². The van der Waals surface area contributed by atoms with E-state index in [0.29, 0.717) is 12.3 Å². The van der Waals surface area contributed by atoms with Crippen LogP contribution in [-0.2, 0) is 6.18 Å². The predicted molar refractivity (Wildman–Crippen MR) is 115 cm³/mol. The molecule has 178 valence electrons. The van der Waals surface area contributed by atoms with Crippen LogP contribution in [0.5, 0.6) is 5.75 Å². The van der Waals surface area contributed by atoms with E-state index in [9.17, 15) is 18.3 Å². The highest BCUT2D eigenvalue weighted by Crippen LogP contribution is 2.39. The number of alkyl halides is 3. The first-order chi connectivity index (χ1) is 15.3. The minimum atomic E-state index is -4.56. The van der Waals surface area contributed by atoms with Gasteiger partial charge in [-0.3, -0.25) is 0 Å². The van der Waals surface area contributed by atoms with Gasteiger partial charge in [-0.1, -0.05) is 57.5 Å². The Morgan fingerprint density at radius 1 is 1.22 bits per heavy atom. The second-order valence-corrected chi connectivity index (χ2v) is 8.80. The van der Waals surface area contributed by atoms with Crippen LogP contribution in [-0.4, -0.2) is 28.0 Å². The summed E-state index contributed by atoms with van der Waals surface area (Å²) in [5.41, 5.74) is -0.655. The molecule has 0 bridgehead atoms. The Balaban J connectivity index is 1.68. The molecular weight excluding hydrogens is 421 g/mol. The maximum Gasteiger partial charge on any atom is 0.419 e.